The zero-order valence-electron chi connectivity index (χ0n) is 39.0. The lowest BCUT2D eigenvalue weighted by Gasteiger charge is -2.48. The van der Waals surface area contributed by atoms with Crippen molar-refractivity contribution in [2.45, 2.75) is 176 Å². The summed E-state index contributed by atoms with van der Waals surface area (Å²) in [7, 11) is 0. The minimum Gasteiger partial charge on any atom is -0.394 e. The van der Waals surface area contributed by atoms with E-state index in [1.807, 2.05) is 0 Å². The van der Waals surface area contributed by atoms with Gasteiger partial charge in [0.25, 0.3) is 0 Å². The monoisotopic (exact) mass is 1050 g/mol. The average molecular weight is 1050 g/mol. The summed E-state index contributed by atoms with van der Waals surface area (Å²) < 4.78 is 35.1. The third-order valence-electron chi connectivity index (χ3n) is 11.8. The van der Waals surface area contributed by atoms with E-state index in [1.54, 1.807) is 0 Å². The Labute approximate surface area is 413 Å². The summed E-state index contributed by atoms with van der Waals surface area (Å²) in [6, 6.07) is -5.18. The fraction of sp³-hybridized carbons (Fsp3) is 0.850. The molecule has 0 aromatic heterocycles. The molecule has 28 nitrogen and oxygen atoms in total. The van der Waals surface area contributed by atoms with Crippen LogP contribution in [0.3, 0.4) is 0 Å². The minimum atomic E-state index is -1.65. The number of ether oxygens (including phenoxy) is 6. The average Bonchev–Trinajstić information content (AvgIpc) is 3.29. The molecule has 20 atom stereocenters. The van der Waals surface area contributed by atoms with Crippen LogP contribution in [0, 0.1) is 0 Å². The summed E-state index contributed by atoms with van der Waals surface area (Å²) in [5, 5.41) is 127. The Kier molecular flexibility index (Phi) is 23.8. The molecule has 30 heteroatoms. The number of carbonyl (C=O) groups is 4. The summed E-state index contributed by atoms with van der Waals surface area (Å²) >= 11 is 10.9. The normalized spacial score (nSPS) is 37.5. The van der Waals surface area contributed by atoms with Crippen LogP contribution in [0.15, 0.2) is 0 Å². The second-order valence-corrected chi connectivity index (χ2v) is 18.1. The molecule has 402 valence electrons. The molecule has 0 aromatic carbocycles. The van der Waals surface area contributed by atoms with Crippen molar-refractivity contribution < 1.29 is 98.7 Å². The van der Waals surface area contributed by atoms with Gasteiger partial charge in [-0.1, -0.05) is 12.8 Å². The number of unbranched alkanes of at least 4 members (excludes halogenated alkanes) is 3. The highest BCUT2D eigenvalue weighted by Crippen LogP contribution is 2.31. The highest BCUT2D eigenvalue weighted by Gasteiger charge is 2.53. The standard InChI is InChI=1S/C40H70N8O20S2/c1-15(53)43-23-31(61)33(67-37-25(45-17(3)55)29(59)27(57)19(11-49)65-37)21(13-51)63-35(23)47-39(69)41-9-7-5-6-8-10-42-40(70)48-36-24(44-16(2)54)32(62)34(22(14-52)64-36)68-38-26(46-18(4)56)30(60)28(58)20(12-50)66-38/h19-38,49-52,57-62H,5-14H2,1-4H3,(H,43,53)(H,44,54)(H,45,55)(H,46,56)(H2,41,47,69)(H2,42,48,70)/t19-,20-,21-,22-,23-,24-,25-,26-,27+,28+,29-,30-,31-,32-,33-,34-,35-,36-,37+,38+/m1/s1. The van der Waals surface area contributed by atoms with Crippen LogP contribution in [-0.2, 0) is 47.6 Å². The van der Waals surface area contributed by atoms with Gasteiger partial charge in [0.05, 0.1) is 26.4 Å². The third-order valence-corrected chi connectivity index (χ3v) is 12.4. The Balaban J connectivity index is 1.24. The minimum absolute atomic E-state index is 0.0883. The molecule has 4 rings (SSSR count). The zero-order valence-corrected chi connectivity index (χ0v) is 40.6. The van der Waals surface area contributed by atoms with Crippen molar-refractivity contribution in [3.63, 3.8) is 0 Å². The quantitative estimate of drug-likeness (QED) is 0.0375. The maximum absolute atomic E-state index is 12.2. The maximum Gasteiger partial charge on any atom is 0.217 e. The lowest BCUT2D eigenvalue weighted by molar-refractivity contribution is -0.315. The second kappa shape index (κ2) is 28.2. The Hall–Kier alpha value is -3.38. The van der Waals surface area contributed by atoms with Crippen LogP contribution in [0.4, 0.5) is 0 Å². The van der Waals surface area contributed by atoms with Crippen LogP contribution in [0.5, 0.6) is 0 Å². The van der Waals surface area contributed by atoms with E-state index >= 15 is 0 Å². The highest BCUT2D eigenvalue weighted by molar-refractivity contribution is 7.80. The number of aliphatic hydroxyl groups excluding tert-OH is 10. The summed E-state index contributed by atoms with van der Waals surface area (Å²) in [6.45, 7) is 2.62. The number of aliphatic hydroxyl groups is 10. The molecule has 0 bridgehead atoms. The van der Waals surface area contributed by atoms with Crippen LogP contribution < -0.4 is 42.5 Å². The number of nitrogens with one attached hydrogen (secondary N) is 8. The van der Waals surface area contributed by atoms with E-state index in [0.717, 1.165) is 26.7 Å². The summed E-state index contributed by atoms with van der Waals surface area (Å²) in [5.74, 6) is -2.35. The van der Waals surface area contributed by atoms with Crippen LogP contribution >= 0.6 is 24.4 Å². The number of amides is 4. The van der Waals surface area contributed by atoms with Crippen molar-refractivity contribution in [1.82, 2.24) is 42.5 Å². The number of hydrogen-bond acceptors (Lipinski definition) is 22. The first-order chi connectivity index (χ1) is 33.1. The summed E-state index contributed by atoms with van der Waals surface area (Å²) in [5.41, 5.74) is 0. The van der Waals surface area contributed by atoms with Crippen LogP contribution in [0.25, 0.3) is 0 Å². The number of carbonyl (C=O) groups excluding carboxylic acids is 4. The van der Waals surface area contributed by atoms with E-state index in [-0.39, 0.29) is 10.2 Å². The first-order valence-corrected chi connectivity index (χ1v) is 23.6. The van der Waals surface area contributed by atoms with Gasteiger partial charge in [-0.25, -0.2) is 0 Å². The lowest BCUT2D eigenvalue weighted by Crippen LogP contribution is -2.71. The Morgan fingerprint density at radius 3 is 1.04 bits per heavy atom. The molecule has 0 unspecified atom stereocenters. The van der Waals surface area contributed by atoms with Crippen LogP contribution in [0.1, 0.15) is 53.4 Å². The molecular weight excluding hydrogens is 977 g/mol. The molecular formula is C40H70N8O20S2. The van der Waals surface area contributed by atoms with Gasteiger partial charge in [-0.3, -0.25) is 19.2 Å². The van der Waals surface area contributed by atoms with Gasteiger partial charge in [-0.05, 0) is 37.3 Å². The van der Waals surface area contributed by atoms with E-state index in [0.29, 0.717) is 25.9 Å². The number of thiocarbonyl (C=S) groups is 2. The zero-order chi connectivity index (χ0) is 52.0. The highest BCUT2D eigenvalue weighted by atomic mass is 32.1. The van der Waals surface area contributed by atoms with Crippen molar-refractivity contribution >= 4 is 58.3 Å². The van der Waals surface area contributed by atoms with E-state index in [2.05, 4.69) is 42.5 Å². The molecule has 4 amide bonds. The number of hydrogen-bond donors (Lipinski definition) is 18. The van der Waals surface area contributed by atoms with Crippen molar-refractivity contribution in [2.24, 2.45) is 0 Å². The van der Waals surface area contributed by atoms with Crippen LogP contribution in [-0.4, -0.2) is 247 Å². The molecule has 0 aromatic rings. The predicted octanol–water partition coefficient (Wildman–Crippen LogP) is -8.70. The van der Waals surface area contributed by atoms with Gasteiger partial charge >= 0.3 is 0 Å². The molecule has 4 saturated heterocycles. The topological polar surface area (TPSA) is 422 Å². The fourth-order valence-corrected chi connectivity index (χ4v) is 8.86. The lowest BCUT2D eigenvalue weighted by atomic mass is 9.94. The predicted molar refractivity (Wildman–Crippen MR) is 245 cm³/mol. The molecule has 4 aliphatic heterocycles. The summed E-state index contributed by atoms with van der Waals surface area (Å²) in [6.07, 6.45) is -20.5. The maximum atomic E-state index is 12.2. The molecule has 0 saturated carbocycles. The van der Waals surface area contributed by atoms with Crippen molar-refractivity contribution in [3.05, 3.63) is 0 Å². The first kappa shape index (κ1) is 59.2. The fourth-order valence-electron chi connectivity index (χ4n) is 8.43. The van der Waals surface area contributed by atoms with Crippen molar-refractivity contribution in [2.75, 3.05) is 39.5 Å². The van der Waals surface area contributed by atoms with E-state index < -0.39 is 173 Å². The molecule has 4 heterocycles. The SMILES string of the molecule is CC(=O)N[C@@H]1[C@@H](O)[C@H](O[C@@H]2O[C@H](CO)[C@H](O)[C@H](O)[C@H]2NC(C)=O)[C@@H](CO)O[C@H]1NC(=S)NCCCCCCNC(=S)N[C@@H]1O[C@H](CO)[C@@H](O[C@@H]2O[C@H](CO)[C@H](O)[C@H](O)[C@H]2NC(C)=O)[C@H](O)[C@H]1NC(C)=O. The van der Waals surface area contributed by atoms with E-state index in [9.17, 15) is 70.2 Å². The molecule has 70 heavy (non-hydrogen) atoms. The Bertz CT molecular complexity index is 1620. The summed E-state index contributed by atoms with van der Waals surface area (Å²) in [4.78, 5) is 48.3. The van der Waals surface area contributed by atoms with Gasteiger partial charge in [-0.15, -0.1) is 0 Å². The van der Waals surface area contributed by atoms with Gasteiger partial charge in [0.1, 0.15) is 97.4 Å². The van der Waals surface area contributed by atoms with Gasteiger partial charge in [0.15, 0.2) is 35.3 Å². The molecule has 0 radical (unpaired) electrons. The van der Waals surface area contributed by atoms with E-state index in [4.69, 9.17) is 52.9 Å². The Morgan fingerprint density at radius 2 is 0.743 bits per heavy atom. The largest absolute Gasteiger partial charge is 0.394 e. The smallest absolute Gasteiger partial charge is 0.217 e. The van der Waals surface area contributed by atoms with Gasteiger partial charge in [0.2, 0.25) is 23.6 Å². The Morgan fingerprint density at radius 1 is 0.429 bits per heavy atom. The van der Waals surface area contributed by atoms with Crippen LogP contribution in [0.2, 0.25) is 0 Å². The third kappa shape index (κ3) is 16.1. The molecule has 0 spiro atoms. The molecule has 18 N–H and O–H groups in total. The van der Waals surface area contributed by atoms with Gasteiger partial charge in [-0.2, -0.15) is 0 Å². The van der Waals surface area contributed by atoms with E-state index in [1.165, 1.54) is 13.8 Å². The number of rotatable bonds is 21. The molecule has 0 aliphatic carbocycles. The molecule has 4 aliphatic rings. The first-order valence-electron chi connectivity index (χ1n) is 22.8. The van der Waals surface area contributed by atoms with Crippen molar-refractivity contribution in [3.8, 4) is 0 Å². The second-order valence-electron chi connectivity index (χ2n) is 17.3. The van der Waals surface area contributed by atoms with Gasteiger partial charge < -0.3 is 122 Å². The van der Waals surface area contributed by atoms with Gasteiger partial charge in [0, 0.05) is 40.8 Å². The molecule has 4 fully saturated rings. The van der Waals surface area contributed by atoms with Crippen molar-refractivity contribution in [1.29, 1.82) is 0 Å².